The SMILES string of the molecule is O=C(COc1ccc(C(=O)O)cc1Cl)Nc1cc(Cl)cc(Cl)c1. The molecule has 0 unspecified atom stereocenters. The maximum atomic E-state index is 11.8. The Morgan fingerprint density at radius 3 is 2.26 bits per heavy atom. The van der Waals surface area contributed by atoms with Gasteiger partial charge in [-0.25, -0.2) is 4.79 Å². The van der Waals surface area contributed by atoms with Crippen LogP contribution in [-0.4, -0.2) is 23.6 Å². The van der Waals surface area contributed by atoms with E-state index in [9.17, 15) is 9.59 Å². The van der Waals surface area contributed by atoms with Gasteiger partial charge in [-0.15, -0.1) is 0 Å². The zero-order chi connectivity index (χ0) is 17.0. The van der Waals surface area contributed by atoms with Crippen LogP contribution in [0, 0.1) is 0 Å². The molecule has 120 valence electrons. The average Bonchev–Trinajstić information content (AvgIpc) is 2.44. The Bertz CT molecular complexity index is 744. The number of halogens is 3. The highest BCUT2D eigenvalue weighted by Crippen LogP contribution is 2.26. The molecule has 0 radical (unpaired) electrons. The minimum absolute atomic E-state index is 0.0281. The van der Waals surface area contributed by atoms with Crippen LogP contribution in [0.4, 0.5) is 5.69 Å². The first-order valence-electron chi connectivity index (χ1n) is 6.27. The van der Waals surface area contributed by atoms with E-state index < -0.39 is 11.9 Å². The van der Waals surface area contributed by atoms with E-state index in [-0.39, 0.29) is 22.9 Å². The highest BCUT2D eigenvalue weighted by Gasteiger charge is 2.10. The summed E-state index contributed by atoms with van der Waals surface area (Å²) in [4.78, 5) is 22.6. The van der Waals surface area contributed by atoms with Crippen molar-refractivity contribution in [3.63, 3.8) is 0 Å². The Hall–Kier alpha value is -1.95. The molecule has 0 aliphatic heterocycles. The zero-order valence-electron chi connectivity index (χ0n) is 11.5. The molecule has 0 aliphatic rings. The van der Waals surface area contributed by atoms with Crippen LogP contribution < -0.4 is 10.1 Å². The van der Waals surface area contributed by atoms with Gasteiger partial charge in [0.1, 0.15) is 5.75 Å². The van der Waals surface area contributed by atoms with Crippen molar-refractivity contribution in [3.8, 4) is 5.75 Å². The maximum Gasteiger partial charge on any atom is 0.335 e. The van der Waals surface area contributed by atoms with Crippen molar-refractivity contribution in [3.05, 3.63) is 57.0 Å². The van der Waals surface area contributed by atoms with Crippen LogP contribution in [0.2, 0.25) is 15.1 Å². The van der Waals surface area contributed by atoms with Crippen molar-refractivity contribution < 1.29 is 19.4 Å². The van der Waals surface area contributed by atoms with E-state index in [1.807, 2.05) is 0 Å². The van der Waals surface area contributed by atoms with Gasteiger partial charge in [-0.05, 0) is 36.4 Å². The molecule has 2 aromatic rings. The summed E-state index contributed by atoms with van der Waals surface area (Å²) in [5.41, 5.74) is 0.462. The normalized spacial score (nSPS) is 10.2. The van der Waals surface area contributed by atoms with Gasteiger partial charge in [-0.3, -0.25) is 4.79 Å². The molecular weight excluding hydrogens is 365 g/mol. The van der Waals surface area contributed by atoms with E-state index in [4.69, 9.17) is 44.6 Å². The monoisotopic (exact) mass is 373 g/mol. The second kappa shape index (κ2) is 7.55. The van der Waals surface area contributed by atoms with Crippen molar-refractivity contribution in [2.45, 2.75) is 0 Å². The quantitative estimate of drug-likeness (QED) is 0.815. The molecule has 0 fully saturated rings. The number of hydrogen-bond donors (Lipinski definition) is 2. The Morgan fingerprint density at radius 1 is 1.04 bits per heavy atom. The highest BCUT2D eigenvalue weighted by molar-refractivity contribution is 6.35. The van der Waals surface area contributed by atoms with Crippen LogP contribution in [0.5, 0.6) is 5.75 Å². The number of rotatable bonds is 5. The summed E-state index contributed by atoms with van der Waals surface area (Å²) >= 11 is 17.6. The van der Waals surface area contributed by atoms with Crippen molar-refractivity contribution in [2.75, 3.05) is 11.9 Å². The molecule has 2 aromatic carbocycles. The summed E-state index contributed by atoms with van der Waals surface area (Å²) < 4.78 is 5.26. The molecule has 0 saturated carbocycles. The number of amides is 1. The van der Waals surface area contributed by atoms with Crippen LogP contribution in [0.1, 0.15) is 10.4 Å². The molecule has 1 amide bonds. The standard InChI is InChI=1S/C15H10Cl3NO4/c16-9-4-10(17)6-11(5-9)19-14(20)7-23-13-2-1-8(15(21)22)3-12(13)18/h1-6H,7H2,(H,19,20)(H,21,22). The molecule has 2 N–H and O–H groups in total. The summed E-state index contributed by atoms with van der Waals surface area (Å²) in [5, 5.41) is 12.3. The second-order valence-electron chi connectivity index (χ2n) is 4.45. The topological polar surface area (TPSA) is 75.6 Å². The summed E-state index contributed by atoms with van der Waals surface area (Å²) in [7, 11) is 0. The van der Waals surface area contributed by atoms with E-state index in [1.165, 1.54) is 18.2 Å². The fourth-order valence-corrected chi connectivity index (χ4v) is 2.48. The number of ether oxygens (including phenoxy) is 1. The van der Waals surface area contributed by atoms with E-state index >= 15 is 0 Å². The number of carboxylic acid groups (broad SMARTS) is 1. The molecule has 0 bridgehead atoms. The molecule has 0 atom stereocenters. The lowest BCUT2D eigenvalue weighted by molar-refractivity contribution is -0.118. The van der Waals surface area contributed by atoms with Gasteiger partial charge in [0.25, 0.3) is 5.91 Å². The van der Waals surface area contributed by atoms with Gasteiger partial charge in [0, 0.05) is 15.7 Å². The third-order valence-electron chi connectivity index (χ3n) is 2.68. The lowest BCUT2D eigenvalue weighted by atomic mass is 10.2. The highest BCUT2D eigenvalue weighted by atomic mass is 35.5. The Kier molecular flexibility index (Phi) is 5.71. The molecule has 8 heteroatoms. The first-order chi connectivity index (χ1) is 10.8. The number of anilines is 1. The average molecular weight is 375 g/mol. The molecule has 23 heavy (non-hydrogen) atoms. The van der Waals surface area contributed by atoms with Crippen LogP contribution in [0.3, 0.4) is 0 Å². The number of carbonyl (C=O) groups is 2. The molecule has 0 spiro atoms. The number of nitrogens with one attached hydrogen (secondary N) is 1. The second-order valence-corrected chi connectivity index (χ2v) is 5.73. The summed E-state index contributed by atoms with van der Waals surface area (Å²) in [6.45, 7) is -0.309. The van der Waals surface area contributed by atoms with Crippen molar-refractivity contribution in [2.24, 2.45) is 0 Å². The predicted molar refractivity (Wildman–Crippen MR) is 89.0 cm³/mol. The summed E-state index contributed by atoms with van der Waals surface area (Å²) in [6, 6.07) is 8.58. The Labute approximate surface area is 146 Å². The number of aromatic carboxylic acids is 1. The third kappa shape index (κ3) is 5.03. The van der Waals surface area contributed by atoms with E-state index in [0.29, 0.717) is 15.7 Å². The van der Waals surface area contributed by atoms with Crippen molar-refractivity contribution >= 4 is 52.4 Å². The van der Waals surface area contributed by atoms with Crippen molar-refractivity contribution in [1.29, 1.82) is 0 Å². The number of hydrogen-bond acceptors (Lipinski definition) is 3. The molecule has 0 saturated heterocycles. The number of benzene rings is 2. The molecule has 0 heterocycles. The largest absolute Gasteiger partial charge is 0.482 e. The lowest BCUT2D eigenvalue weighted by Crippen LogP contribution is -2.20. The van der Waals surface area contributed by atoms with E-state index in [0.717, 1.165) is 0 Å². The van der Waals surface area contributed by atoms with E-state index in [2.05, 4.69) is 5.32 Å². The molecular formula is C15H10Cl3NO4. The predicted octanol–water partition coefficient (Wildman–Crippen LogP) is 4.36. The maximum absolute atomic E-state index is 11.8. The van der Waals surface area contributed by atoms with Gasteiger partial charge in [0.2, 0.25) is 0 Å². The van der Waals surface area contributed by atoms with Crippen LogP contribution in [0.25, 0.3) is 0 Å². The smallest absolute Gasteiger partial charge is 0.335 e. The van der Waals surface area contributed by atoms with Crippen LogP contribution >= 0.6 is 34.8 Å². The van der Waals surface area contributed by atoms with E-state index in [1.54, 1.807) is 18.2 Å². The summed E-state index contributed by atoms with van der Waals surface area (Å²) in [6.07, 6.45) is 0. The summed E-state index contributed by atoms with van der Waals surface area (Å²) in [5.74, 6) is -1.34. The first kappa shape index (κ1) is 17.4. The van der Waals surface area contributed by atoms with Crippen LogP contribution in [0.15, 0.2) is 36.4 Å². The van der Waals surface area contributed by atoms with Crippen molar-refractivity contribution in [1.82, 2.24) is 0 Å². The van der Waals surface area contributed by atoms with Crippen LogP contribution in [-0.2, 0) is 4.79 Å². The number of carboxylic acids is 1. The Morgan fingerprint density at radius 2 is 1.70 bits per heavy atom. The van der Waals surface area contributed by atoms with Gasteiger partial charge in [0.05, 0.1) is 10.6 Å². The number of carbonyl (C=O) groups excluding carboxylic acids is 1. The molecule has 2 rings (SSSR count). The third-order valence-corrected chi connectivity index (χ3v) is 3.42. The van der Waals surface area contributed by atoms with Gasteiger partial charge in [0.15, 0.2) is 6.61 Å². The van der Waals surface area contributed by atoms with Gasteiger partial charge >= 0.3 is 5.97 Å². The molecule has 0 aliphatic carbocycles. The fraction of sp³-hybridized carbons (Fsp3) is 0.0667. The molecule has 0 aromatic heterocycles. The van der Waals surface area contributed by atoms with Gasteiger partial charge < -0.3 is 15.2 Å². The minimum Gasteiger partial charge on any atom is -0.482 e. The zero-order valence-corrected chi connectivity index (χ0v) is 13.7. The van der Waals surface area contributed by atoms with Gasteiger partial charge in [-0.2, -0.15) is 0 Å². The minimum atomic E-state index is -1.10. The fourth-order valence-electron chi connectivity index (χ4n) is 1.72. The Balaban J connectivity index is 1.98. The van der Waals surface area contributed by atoms with Gasteiger partial charge in [-0.1, -0.05) is 34.8 Å². The molecule has 5 nitrogen and oxygen atoms in total. The first-order valence-corrected chi connectivity index (χ1v) is 7.40. The lowest BCUT2D eigenvalue weighted by Gasteiger charge is -2.10.